The first-order valence-corrected chi connectivity index (χ1v) is 7.24. The zero-order valence-electron chi connectivity index (χ0n) is 13.5. The number of likely N-dealkylation sites (N-methyl/N-ethyl adjacent to an activating group) is 1. The molecule has 1 heterocycles. The lowest BCUT2D eigenvalue weighted by atomic mass is 10.1. The zero-order valence-corrected chi connectivity index (χ0v) is 13.5. The minimum Gasteiger partial charge on any atom is -0.459 e. The van der Waals surface area contributed by atoms with Crippen LogP contribution in [-0.2, 0) is 0 Å². The van der Waals surface area contributed by atoms with Gasteiger partial charge in [-0.2, -0.15) is 0 Å². The largest absolute Gasteiger partial charge is 0.459 e. The predicted molar refractivity (Wildman–Crippen MR) is 88.2 cm³/mol. The average Bonchev–Trinajstić information content (AvgIpc) is 3.01. The fraction of sp³-hybridized carbons (Fsp3) is 0.353. The van der Waals surface area contributed by atoms with Gasteiger partial charge in [-0.3, -0.25) is 4.79 Å². The van der Waals surface area contributed by atoms with Gasteiger partial charge in [0.25, 0.3) is 5.91 Å². The fourth-order valence-corrected chi connectivity index (χ4v) is 2.28. The van der Waals surface area contributed by atoms with Crippen molar-refractivity contribution in [2.24, 2.45) is 0 Å². The van der Waals surface area contributed by atoms with Gasteiger partial charge in [-0.1, -0.05) is 12.1 Å². The van der Waals surface area contributed by atoms with E-state index < -0.39 is 0 Å². The molecule has 1 amide bonds. The highest BCUT2D eigenvalue weighted by atomic mass is 16.3. The molecule has 0 aliphatic heterocycles. The van der Waals surface area contributed by atoms with Gasteiger partial charge in [0.2, 0.25) is 0 Å². The Morgan fingerprint density at radius 3 is 2.32 bits per heavy atom. The van der Waals surface area contributed by atoms with Gasteiger partial charge in [-0.25, -0.2) is 0 Å². The highest BCUT2D eigenvalue weighted by Crippen LogP contribution is 2.21. The van der Waals surface area contributed by atoms with E-state index in [4.69, 9.17) is 4.42 Å². The molecule has 0 bridgehead atoms. The molecule has 2 aromatic rings. The number of carbonyl (C=O) groups is 1. The van der Waals surface area contributed by atoms with Crippen molar-refractivity contribution in [3.63, 3.8) is 0 Å². The second-order valence-corrected chi connectivity index (χ2v) is 5.65. The Kier molecular flexibility index (Phi) is 5.22. The number of amides is 1. The molecule has 1 aromatic heterocycles. The summed E-state index contributed by atoms with van der Waals surface area (Å²) in [5.41, 5.74) is 2.32. The summed E-state index contributed by atoms with van der Waals surface area (Å²) in [7, 11) is 8.04. The number of rotatable bonds is 6. The molecule has 2 rings (SSSR count). The van der Waals surface area contributed by atoms with Crippen LogP contribution in [0, 0.1) is 0 Å². The molecule has 5 heteroatoms. The summed E-state index contributed by atoms with van der Waals surface area (Å²) >= 11 is 0. The van der Waals surface area contributed by atoms with Gasteiger partial charge in [0.15, 0.2) is 5.76 Å². The lowest BCUT2D eigenvalue weighted by Crippen LogP contribution is -2.34. The van der Waals surface area contributed by atoms with E-state index in [-0.39, 0.29) is 11.9 Å². The molecule has 118 valence electrons. The second-order valence-electron chi connectivity index (χ2n) is 5.65. The first-order valence-electron chi connectivity index (χ1n) is 7.24. The van der Waals surface area contributed by atoms with Crippen molar-refractivity contribution in [3.05, 3.63) is 54.0 Å². The third-order valence-electron chi connectivity index (χ3n) is 3.62. The first-order chi connectivity index (χ1) is 10.5. The van der Waals surface area contributed by atoms with Gasteiger partial charge in [0.05, 0.1) is 12.3 Å². The van der Waals surface area contributed by atoms with Crippen molar-refractivity contribution in [1.82, 2.24) is 10.2 Å². The molecule has 0 saturated carbocycles. The Morgan fingerprint density at radius 2 is 1.82 bits per heavy atom. The Hall–Kier alpha value is -2.27. The fourth-order valence-electron chi connectivity index (χ4n) is 2.28. The lowest BCUT2D eigenvalue weighted by Gasteiger charge is -2.25. The smallest absolute Gasteiger partial charge is 0.287 e. The summed E-state index contributed by atoms with van der Waals surface area (Å²) in [5.74, 6) is 0.141. The average molecular weight is 301 g/mol. The van der Waals surface area contributed by atoms with Crippen LogP contribution in [0.3, 0.4) is 0 Å². The van der Waals surface area contributed by atoms with E-state index in [2.05, 4.69) is 39.4 Å². The maximum atomic E-state index is 12.0. The van der Waals surface area contributed by atoms with Crippen molar-refractivity contribution >= 4 is 11.6 Å². The van der Waals surface area contributed by atoms with Gasteiger partial charge in [-0.05, 0) is 43.9 Å². The summed E-state index contributed by atoms with van der Waals surface area (Å²) in [6.45, 7) is 0.522. The lowest BCUT2D eigenvalue weighted by molar-refractivity contribution is 0.0914. The van der Waals surface area contributed by atoms with Gasteiger partial charge in [0.1, 0.15) is 0 Å². The van der Waals surface area contributed by atoms with E-state index in [1.165, 1.54) is 6.26 Å². The van der Waals surface area contributed by atoms with Gasteiger partial charge < -0.3 is 19.5 Å². The molecule has 5 nitrogen and oxygen atoms in total. The maximum absolute atomic E-state index is 12.0. The normalized spacial score (nSPS) is 12.2. The molecule has 0 aliphatic rings. The number of hydrogen-bond acceptors (Lipinski definition) is 4. The molecule has 0 fully saturated rings. The van der Waals surface area contributed by atoms with Gasteiger partial charge >= 0.3 is 0 Å². The van der Waals surface area contributed by atoms with Crippen LogP contribution >= 0.6 is 0 Å². The second kappa shape index (κ2) is 7.13. The summed E-state index contributed by atoms with van der Waals surface area (Å²) in [4.78, 5) is 16.1. The molecule has 0 spiro atoms. The van der Waals surface area contributed by atoms with E-state index in [0.29, 0.717) is 12.3 Å². The molecular weight excluding hydrogens is 278 g/mol. The van der Waals surface area contributed by atoms with Crippen molar-refractivity contribution in [3.8, 4) is 0 Å². The number of anilines is 1. The molecule has 22 heavy (non-hydrogen) atoms. The third kappa shape index (κ3) is 3.89. The van der Waals surface area contributed by atoms with E-state index in [9.17, 15) is 4.79 Å². The highest BCUT2D eigenvalue weighted by Gasteiger charge is 2.17. The Morgan fingerprint density at radius 1 is 1.14 bits per heavy atom. The number of nitrogens with one attached hydrogen (secondary N) is 1. The SMILES string of the molecule is CN(C)c1ccc([C@H](CNC(=O)c2ccco2)N(C)C)cc1. The van der Waals surface area contributed by atoms with Crippen molar-refractivity contribution in [2.75, 3.05) is 39.6 Å². The van der Waals surface area contributed by atoms with Crippen LogP contribution in [0.5, 0.6) is 0 Å². The summed E-state index contributed by atoms with van der Waals surface area (Å²) in [6.07, 6.45) is 1.50. The quantitative estimate of drug-likeness (QED) is 0.890. The molecule has 0 saturated heterocycles. The number of furan rings is 1. The zero-order chi connectivity index (χ0) is 16.1. The van der Waals surface area contributed by atoms with Crippen LogP contribution in [0.25, 0.3) is 0 Å². The molecular formula is C17H23N3O2. The van der Waals surface area contributed by atoms with Gasteiger partial charge in [0, 0.05) is 26.3 Å². The van der Waals surface area contributed by atoms with Crippen molar-refractivity contribution in [2.45, 2.75) is 6.04 Å². The number of hydrogen-bond donors (Lipinski definition) is 1. The molecule has 1 aromatic carbocycles. The van der Waals surface area contributed by atoms with Crippen LogP contribution in [0.2, 0.25) is 0 Å². The van der Waals surface area contributed by atoms with E-state index in [1.54, 1.807) is 12.1 Å². The molecule has 0 aliphatic carbocycles. The van der Waals surface area contributed by atoms with Crippen LogP contribution in [0.4, 0.5) is 5.69 Å². The van der Waals surface area contributed by atoms with Crippen LogP contribution in [0.1, 0.15) is 22.2 Å². The molecule has 0 radical (unpaired) electrons. The topological polar surface area (TPSA) is 48.7 Å². The van der Waals surface area contributed by atoms with Crippen LogP contribution in [0.15, 0.2) is 47.1 Å². The Bertz CT molecular complexity index is 589. The summed E-state index contributed by atoms with van der Waals surface area (Å²) in [5, 5.41) is 2.92. The number of nitrogens with zero attached hydrogens (tertiary/aromatic N) is 2. The van der Waals surface area contributed by atoms with E-state index in [0.717, 1.165) is 11.3 Å². The van der Waals surface area contributed by atoms with Crippen LogP contribution < -0.4 is 10.2 Å². The maximum Gasteiger partial charge on any atom is 0.287 e. The highest BCUT2D eigenvalue weighted by molar-refractivity contribution is 5.91. The first kappa shape index (κ1) is 16.1. The van der Waals surface area contributed by atoms with Crippen LogP contribution in [-0.4, -0.2) is 45.5 Å². The minimum atomic E-state index is -0.193. The van der Waals surface area contributed by atoms with Crippen molar-refractivity contribution in [1.29, 1.82) is 0 Å². The monoisotopic (exact) mass is 301 g/mol. The number of carbonyl (C=O) groups excluding carboxylic acids is 1. The standard InChI is InChI=1S/C17H23N3O2/c1-19(2)14-9-7-13(8-10-14)15(20(3)4)12-18-17(21)16-6-5-11-22-16/h5-11,15H,12H2,1-4H3,(H,18,21)/t15-/m0/s1. The Labute approximate surface area is 131 Å². The predicted octanol–water partition coefficient (Wildman–Crippen LogP) is 2.38. The molecule has 1 atom stereocenters. The molecule has 1 N–H and O–H groups in total. The van der Waals surface area contributed by atoms with Crippen molar-refractivity contribution < 1.29 is 9.21 Å². The number of benzene rings is 1. The van der Waals surface area contributed by atoms with E-state index in [1.807, 2.05) is 28.2 Å². The Balaban J connectivity index is 2.05. The van der Waals surface area contributed by atoms with E-state index >= 15 is 0 Å². The van der Waals surface area contributed by atoms with Gasteiger partial charge in [-0.15, -0.1) is 0 Å². The molecule has 0 unspecified atom stereocenters. The third-order valence-corrected chi connectivity index (χ3v) is 3.62. The summed E-state index contributed by atoms with van der Waals surface area (Å²) < 4.78 is 5.10. The minimum absolute atomic E-state index is 0.107. The summed E-state index contributed by atoms with van der Waals surface area (Å²) in [6, 6.07) is 11.8.